The van der Waals surface area contributed by atoms with E-state index in [1.54, 1.807) is 6.08 Å². The average Bonchev–Trinajstić information content (AvgIpc) is 2.29. The molecule has 12 heavy (non-hydrogen) atoms. The summed E-state index contributed by atoms with van der Waals surface area (Å²) in [6.45, 7) is 8.16. The molecule has 0 amide bonds. The van der Waals surface area contributed by atoms with Gasteiger partial charge in [0, 0.05) is 11.8 Å². The third kappa shape index (κ3) is 1.26. The first-order valence-corrected chi connectivity index (χ1v) is 4.54. The summed E-state index contributed by atoms with van der Waals surface area (Å²) in [7, 11) is 0. The monoisotopic (exact) mass is 167 g/mol. The number of hydrogen-bond donors (Lipinski definition) is 1. The predicted octanol–water partition coefficient (Wildman–Crippen LogP) is 1.87. The highest BCUT2D eigenvalue weighted by atomic mass is 16.1. The summed E-state index contributed by atoms with van der Waals surface area (Å²) in [6.07, 6.45) is 2.65. The third-order valence-electron chi connectivity index (χ3n) is 2.77. The second kappa shape index (κ2) is 2.92. The predicted molar refractivity (Wildman–Crippen MR) is 49.8 cm³/mol. The van der Waals surface area contributed by atoms with E-state index in [1.807, 2.05) is 6.92 Å². The van der Waals surface area contributed by atoms with Crippen LogP contribution in [0.2, 0.25) is 0 Å². The van der Waals surface area contributed by atoms with Gasteiger partial charge in [-0.1, -0.05) is 20.8 Å². The van der Waals surface area contributed by atoms with Crippen molar-refractivity contribution in [3.8, 4) is 0 Å². The first kappa shape index (κ1) is 9.30. The van der Waals surface area contributed by atoms with Crippen molar-refractivity contribution in [2.45, 2.75) is 39.7 Å². The van der Waals surface area contributed by atoms with Gasteiger partial charge in [0.05, 0.1) is 5.54 Å². The lowest BCUT2D eigenvalue weighted by molar-refractivity contribution is -0.120. The molecule has 0 saturated heterocycles. The summed E-state index contributed by atoms with van der Waals surface area (Å²) < 4.78 is 0. The first-order chi connectivity index (χ1) is 5.50. The molecule has 0 saturated carbocycles. The van der Waals surface area contributed by atoms with Gasteiger partial charge in [0.2, 0.25) is 0 Å². The van der Waals surface area contributed by atoms with Crippen molar-refractivity contribution in [1.82, 2.24) is 5.32 Å². The molecule has 0 spiro atoms. The van der Waals surface area contributed by atoms with Crippen LogP contribution in [-0.4, -0.2) is 11.3 Å². The highest BCUT2D eigenvalue weighted by molar-refractivity contribution is 6.00. The standard InChI is InChI=1S/C10H17NO/c1-5-8-6-9(12)10(4,11-8)7(2)3/h6-7,11H,5H2,1-4H3/t10-/m1/s1. The van der Waals surface area contributed by atoms with Crippen LogP contribution in [0.25, 0.3) is 0 Å². The van der Waals surface area contributed by atoms with E-state index in [1.165, 1.54) is 0 Å². The number of rotatable bonds is 2. The Balaban J connectivity index is 2.83. The van der Waals surface area contributed by atoms with Crippen molar-refractivity contribution >= 4 is 5.78 Å². The number of carbonyl (C=O) groups is 1. The first-order valence-electron chi connectivity index (χ1n) is 4.54. The number of carbonyl (C=O) groups excluding carboxylic acids is 1. The van der Waals surface area contributed by atoms with Gasteiger partial charge in [-0.15, -0.1) is 0 Å². The molecular weight excluding hydrogens is 150 g/mol. The molecule has 2 heteroatoms. The average molecular weight is 167 g/mol. The second-order valence-electron chi connectivity index (χ2n) is 3.87. The van der Waals surface area contributed by atoms with Crippen molar-refractivity contribution in [2.75, 3.05) is 0 Å². The Morgan fingerprint density at radius 3 is 2.42 bits per heavy atom. The largest absolute Gasteiger partial charge is 0.376 e. The fourth-order valence-corrected chi connectivity index (χ4v) is 1.36. The maximum Gasteiger partial charge on any atom is 0.182 e. The molecule has 1 N–H and O–H groups in total. The highest BCUT2D eigenvalue weighted by Crippen LogP contribution is 2.25. The van der Waals surface area contributed by atoms with Crippen LogP contribution in [0, 0.1) is 5.92 Å². The van der Waals surface area contributed by atoms with Gasteiger partial charge in [0.1, 0.15) is 0 Å². The van der Waals surface area contributed by atoms with E-state index < -0.39 is 0 Å². The van der Waals surface area contributed by atoms with Crippen LogP contribution < -0.4 is 5.32 Å². The quantitative estimate of drug-likeness (QED) is 0.680. The minimum atomic E-state index is -0.356. The molecule has 1 aliphatic heterocycles. The molecule has 68 valence electrons. The van der Waals surface area contributed by atoms with E-state index in [-0.39, 0.29) is 11.3 Å². The lowest BCUT2D eigenvalue weighted by Crippen LogP contribution is -2.47. The number of ketones is 1. The fourth-order valence-electron chi connectivity index (χ4n) is 1.36. The van der Waals surface area contributed by atoms with Crippen LogP contribution in [0.4, 0.5) is 0 Å². The van der Waals surface area contributed by atoms with Gasteiger partial charge in [0.25, 0.3) is 0 Å². The molecule has 0 aromatic heterocycles. The van der Waals surface area contributed by atoms with Gasteiger partial charge in [0.15, 0.2) is 5.78 Å². The number of hydrogen-bond acceptors (Lipinski definition) is 2. The van der Waals surface area contributed by atoms with Crippen LogP contribution in [0.5, 0.6) is 0 Å². The summed E-state index contributed by atoms with van der Waals surface area (Å²) in [6, 6.07) is 0. The molecule has 1 heterocycles. The number of nitrogens with one attached hydrogen (secondary N) is 1. The van der Waals surface area contributed by atoms with Crippen molar-refractivity contribution in [3.63, 3.8) is 0 Å². The van der Waals surface area contributed by atoms with Crippen molar-refractivity contribution in [3.05, 3.63) is 11.8 Å². The topological polar surface area (TPSA) is 29.1 Å². The van der Waals surface area contributed by atoms with Gasteiger partial charge in [-0.3, -0.25) is 4.79 Å². The smallest absolute Gasteiger partial charge is 0.182 e. The van der Waals surface area contributed by atoms with E-state index in [2.05, 4.69) is 26.1 Å². The summed E-state index contributed by atoms with van der Waals surface area (Å²) in [5.41, 5.74) is 0.710. The van der Waals surface area contributed by atoms with Crippen LogP contribution in [0.3, 0.4) is 0 Å². The lowest BCUT2D eigenvalue weighted by atomic mass is 9.86. The van der Waals surface area contributed by atoms with Crippen molar-refractivity contribution in [2.24, 2.45) is 5.92 Å². The van der Waals surface area contributed by atoms with Crippen molar-refractivity contribution < 1.29 is 4.79 Å². The zero-order valence-corrected chi connectivity index (χ0v) is 8.27. The lowest BCUT2D eigenvalue weighted by Gasteiger charge is -2.29. The van der Waals surface area contributed by atoms with E-state index >= 15 is 0 Å². The molecule has 1 rings (SSSR count). The number of allylic oxidation sites excluding steroid dienone is 1. The van der Waals surface area contributed by atoms with E-state index in [0.29, 0.717) is 5.92 Å². The van der Waals surface area contributed by atoms with E-state index in [4.69, 9.17) is 0 Å². The summed E-state index contributed by atoms with van der Waals surface area (Å²) in [4.78, 5) is 11.6. The molecule has 0 bridgehead atoms. The Hall–Kier alpha value is -0.790. The normalized spacial score (nSPS) is 29.1. The molecule has 0 aliphatic carbocycles. The Kier molecular flexibility index (Phi) is 2.27. The van der Waals surface area contributed by atoms with Gasteiger partial charge < -0.3 is 5.32 Å². The molecule has 0 radical (unpaired) electrons. The van der Waals surface area contributed by atoms with Gasteiger partial charge in [-0.05, 0) is 19.3 Å². The van der Waals surface area contributed by atoms with Crippen LogP contribution in [-0.2, 0) is 4.79 Å². The van der Waals surface area contributed by atoms with E-state index in [0.717, 1.165) is 12.1 Å². The highest BCUT2D eigenvalue weighted by Gasteiger charge is 2.39. The molecule has 1 aliphatic rings. The molecule has 0 unspecified atom stereocenters. The van der Waals surface area contributed by atoms with Crippen LogP contribution in [0.1, 0.15) is 34.1 Å². The summed E-state index contributed by atoms with van der Waals surface area (Å²) in [5, 5.41) is 3.28. The zero-order chi connectivity index (χ0) is 9.35. The SMILES string of the molecule is CCC1=CC(=O)[C@@](C)(C(C)C)N1. The van der Waals surface area contributed by atoms with Crippen LogP contribution >= 0.6 is 0 Å². The summed E-state index contributed by atoms with van der Waals surface area (Å²) >= 11 is 0. The second-order valence-corrected chi connectivity index (χ2v) is 3.87. The van der Waals surface area contributed by atoms with Gasteiger partial charge >= 0.3 is 0 Å². The van der Waals surface area contributed by atoms with Gasteiger partial charge in [-0.25, -0.2) is 0 Å². The maximum absolute atomic E-state index is 11.6. The molecule has 0 fully saturated rings. The Labute approximate surface area is 74.0 Å². The Morgan fingerprint density at radius 2 is 2.17 bits per heavy atom. The fraction of sp³-hybridized carbons (Fsp3) is 0.700. The zero-order valence-electron chi connectivity index (χ0n) is 8.27. The third-order valence-corrected chi connectivity index (χ3v) is 2.77. The molecule has 0 aromatic carbocycles. The minimum absolute atomic E-state index is 0.217. The van der Waals surface area contributed by atoms with Crippen molar-refractivity contribution in [1.29, 1.82) is 0 Å². The Bertz CT molecular complexity index is 230. The van der Waals surface area contributed by atoms with Gasteiger partial charge in [-0.2, -0.15) is 0 Å². The molecule has 0 aromatic rings. The Morgan fingerprint density at radius 1 is 1.58 bits per heavy atom. The molecular formula is C10H17NO. The summed E-state index contributed by atoms with van der Waals surface area (Å²) in [5.74, 6) is 0.555. The molecule has 2 nitrogen and oxygen atoms in total. The minimum Gasteiger partial charge on any atom is -0.376 e. The van der Waals surface area contributed by atoms with Crippen LogP contribution in [0.15, 0.2) is 11.8 Å². The van der Waals surface area contributed by atoms with E-state index in [9.17, 15) is 4.79 Å². The maximum atomic E-state index is 11.6. The molecule has 1 atom stereocenters.